The minimum Gasteiger partial charge on any atom is -0.384 e. The first kappa shape index (κ1) is 9.92. The Bertz CT molecular complexity index is 440. The zero-order chi connectivity index (χ0) is 10.7. The van der Waals surface area contributed by atoms with Gasteiger partial charge in [0.1, 0.15) is 6.33 Å². The minimum absolute atomic E-state index is 0.689. The van der Waals surface area contributed by atoms with Crippen molar-refractivity contribution in [2.45, 2.75) is 6.92 Å². The molecule has 0 radical (unpaired) electrons. The second kappa shape index (κ2) is 4.27. The SMILES string of the molecule is CCNc1cc(-n2cnnn2)ccc1Cl. The molecule has 0 saturated heterocycles. The van der Waals surface area contributed by atoms with Crippen molar-refractivity contribution in [1.82, 2.24) is 20.2 Å². The highest BCUT2D eigenvalue weighted by molar-refractivity contribution is 6.33. The Balaban J connectivity index is 2.38. The van der Waals surface area contributed by atoms with E-state index in [9.17, 15) is 0 Å². The molecule has 15 heavy (non-hydrogen) atoms. The van der Waals surface area contributed by atoms with Gasteiger partial charge in [0.15, 0.2) is 0 Å². The molecule has 1 heterocycles. The number of anilines is 1. The highest BCUT2D eigenvalue weighted by Gasteiger charge is 2.03. The van der Waals surface area contributed by atoms with Gasteiger partial charge < -0.3 is 5.32 Å². The van der Waals surface area contributed by atoms with Gasteiger partial charge in [-0.2, -0.15) is 0 Å². The molecule has 0 amide bonds. The molecule has 6 heteroatoms. The second-order valence-corrected chi connectivity index (χ2v) is 3.36. The van der Waals surface area contributed by atoms with Crippen molar-refractivity contribution in [1.29, 1.82) is 0 Å². The molecule has 0 atom stereocenters. The van der Waals surface area contributed by atoms with E-state index in [0.717, 1.165) is 17.9 Å². The molecule has 5 nitrogen and oxygen atoms in total. The molecule has 0 aliphatic heterocycles. The lowest BCUT2D eigenvalue weighted by Gasteiger charge is -2.07. The van der Waals surface area contributed by atoms with Crippen molar-refractivity contribution < 1.29 is 0 Å². The second-order valence-electron chi connectivity index (χ2n) is 2.95. The van der Waals surface area contributed by atoms with E-state index < -0.39 is 0 Å². The summed E-state index contributed by atoms with van der Waals surface area (Å²) in [5, 5.41) is 14.8. The lowest BCUT2D eigenvalue weighted by Crippen LogP contribution is -2.00. The van der Waals surface area contributed by atoms with E-state index in [2.05, 4.69) is 20.8 Å². The average Bonchev–Trinajstić information content (AvgIpc) is 2.75. The maximum atomic E-state index is 6.01. The highest BCUT2D eigenvalue weighted by Crippen LogP contribution is 2.23. The highest BCUT2D eigenvalue weighted by atomic mass is 35.5. The topological polar surface area (TPSA) is 55.6 Å². The van der Waals surface area contributed by atoms with Crippen LogP contribution in [-0.2, 0) is 0 Å². The number of rotatable bonds is 3. The third-order valence-corrected chi connectivity index (χ3v) is 2.26. The van der Waals surface area contributed by atoms with Gasteiger partial charge in [-0.05, 0) is 35.5 Å². The van der Waals surface area contributed by atoms with E-state index in [0.29, 0.717) is 5.02 Å². The Morgan fingerprint density at radius 1 is 1.47 bits per heavy atom. The molecule has 1 N–H and O–H groups in total. The van der Waals surface area contributed by atoms with Gasteiger partial charge in [-0.25, -0.2) is 4.68 Å². The van der Waals surface area contributed by atoms with Crippen LogP contribution in [0.1, 0.15) is 6.92 Å². The first-order valence-electron chi connectivity index (χ1n) is 4.58. The summed E-state index contributed by atoms with van der Waals surface area (Å²) >= 11 is 6.01. The van der Waals surface area contributed by atoms with Gasteiger partial charge in [-0.1, -0.05) is 11.6 Å². The molecule has 2 aromatic rings. The summed E-state index contributed by atoms with van der Waals surface area (Å²) in [5.74, 6) is 0. The fourth-order valence-corrected chi connectivity index (χ4v) is 1.45. The molecule has 0 aliphatic carbocycles. The summed E-state index contributed by atoms with van der Waals surface area (Å²) in [6.07, 6.45) is 1.54. The molecule has 0 bridgehead atoms. The normalized spacial score (nSPS) is 10.3. The molecule has 0 unspecified atom stereocenters. The smallest absolute Gasteiger partial charge is 0.143 e. The standard InChI is InChI=1S/C9H10ClN5/c1-2-11-9-5-7(3-4-8(9)10)15-6-12-13-14-15/h3-6,11H,2H2,1H3. The monoisotopic (exact) mass is 223 g/mol. The third kappa shape index (κ3) is 2.07. The number of halogens is 1. The fourth-order valence-electron chi connectivity index (χ4n) is 1.26. The fraction of sp³-hybridized carbons (Fsp3) is 0.222. The van der Waals surface area contributed by atoms with Gasteiger partial charge in [-0.3, -0.25) is 0 Å². The van der Waals surface area contributed by atoms with Gasteiger partial charge in [0.2, 0.25) is 0 Å². The van der Waals surface area contributed by atoms with Crippen LogP contribution in [-0.4, -0.2) is 26.8 Å². The molecule has 1 aromatic heterocycles. The van der Waals surface area contributed by atoms with Crippen LogP contribution in [0.25, 0.3) is 5.69 Å². The molecule has 2 rings (SSSR count). The summed E-state index contributed by atoms with van der Waals surface area (Å²) in [4.78, 5) is 0. The Morgan fingerprint density at radius 2 is 2.33 bits per heavy atom. The van der Waals surface area contributed by atoms with E-state index in [4.69, 9.17) is 11.6 Å². The molecule has 0 saturated carbocycles. The van der Waals surface area contributed by atoms with Gasteiger partial charge in [0.25, 0.3) is 0 Å². The van der Waals surface area contributed by atoms with Crippen LogP contribution in [0, 0.1) is 0 Å². The number of aromatic nitrogens is 4. The van der Waals surface area contributed by atoms with E-state index in [1.807, 2.05) is 25.1 Å². The number of tetrazole rings is 1. The Labute approximate surface area is 92.1 Å². The summed E-state index contributed by atoms with van der Waals surface area (Å²) in [6.45, 7) is 2.83. The molecule has 0 aliphatic rings. The summed E-state index contributed by atoms with van der Waals surface area (Å²) < 4.78 is 1.58. The van der Waals surface area contributed by atoms with Crippen molar-refractivity contribution in [3.05, 3.63) is 29.5 Å². The van der Waals surface area contributed by atoms with Gasteiger partial charge >= 0.3 is 0 Å². The van der Waals surface area contributed by atoms with E-state index in [-0.39, 0.29) is 0 Å². The number of hydrogen-bond acceptors (Lipinski definition) is 4. The van der Waals surface area contributed by atoms with E-state index in [1.54, 1.807) is 11.0 Å². The Hall–Kier alpha value is -1.62. The molecule has 1 aromatic carbocycles. The maximum Gasteiger partial charge on any atom is 0.143 e. The zero-order valence-corrected chi connectivity index (χ0v) is 8.94. The molecule has 0 spiro atoms. The first-order valence-corrected chi connectivity index (χ1v) is 4.96. The number of hydrogen-bond donors (Lipinski definition) is 1. The van der Waals surface area contributed by atoms with Crippen molar-refractivity contribution in [2.24, 2.45) is 0 Å². The van der Waals surface area contributed by atoms with Crippen molar-refractivity contribution in [2.75, 3.05) is 11.9 Å². The van der Waals surface area contributed by atoms with Crippen molar-refractivity contribution in [3.63, 3.8) is 0 Å². The van der Waals surface area contributed by atoms with Gasteiger partial charge in [0.05, 0.1) is 16.4 Å². The number of nitrogens with zero attached hydrogens (tertiary/aromatic N) is 4. The molecular weight excluding hydrogens is 214 g/mol. The quantitative estimate of drug-likeness (QED) is 0.862. The van der Waals surface area contributed by atoms with E-state index >= 15 is 0 Å². The largest absolute Gasteiger partial charge is 0.384 e. The van der Waals surface area contributed by atoms with E-state index in [1.165, 1.54) is 0 Å². The van der Waals surface area contributed by atoms with Crippen LogP contribution >= 0.6 is 11.6 Å². The summed E-state index contributed by atoms with van der Waals surface area (Å²) in [6, 6.07) is 5.58. The molecule has 0 fully saturated rings. The van der Waals surface area contributed by atoms with Crippen LogP contribution in [0.15, 0.2) is 24.5 Å². The lowest BCUT2D eigenvalue weighted by molar-refractivity contribution is 0.789. The predicted molar refractivity (Wildman–Crippen MR) is 58.3 cm³/mol. The lowest BCUT2D eigenvalue weighted by atomic mass is 10.2. The zero-order valence-electron chi connectivity index (χ0n) is 8.18. The van der Waals surface area contributed by atoms with Crippen LogP contribution < -0.4 is 5.32 Å². The summed E-state index contributed by atoms with van der Waals surface area (Å²) in [7, 11) is 0. The van der Waals surface area contributed by atoms with Crippen LogP contribution in [0.2, 0.25) is 5.02 Å². The minimum atomic E-state index is 0.689. The average molecular weight is 224 g/mol. The van der Waals surface area contributed by atoms with Crippen LogP contribution in [0.3, 0.4) is 0 Å². The predicted octanol–water partition coefficient (Wildman–Crippen LogP) is 1.75. The van der Waals surface area contributed by atoms with Crippen LogP contribution in [0.4, 0.5) is 5.69 Å². The molecular formula is C9H10ClN5. The Morgan fingerprint density at radius 3 is 3.00 bits per heavy atom. The first-order chi connectivity index (χ1) is 7.31. The third-order valence-electron chi connectivity index (χ3n) is 1.93. The Kier molecular flexibility index (Phi) is 2.82. The van der Waals surface area contributed by atoms with Gasteiger partial charge in [-0.15, -0.1) is 5.10 Å². The number of benzene rings is 1. The number of nitrogens with one attached hydrogen (secondary N) is 1. The molecule has 78 valence electrons. The summed E-state index contributed by atoms with van der Waals surface area (Å²) in [5.41, 5.74) is 1.76. The van der Waals surface area contributed by atoms with Gasteiger partial charge in [0, 0.05) is 6.54 Å². The van der Waals surface area contributed by atoms with Crippen molar-refractivity contribution >= 4 is 17.3 Å². The van der Waals surface area contributed by atoms with Crippen LogP contribution in [0.5, 0.6) is 0 Å². The maximum absolute atomic E-state index is 6.01. The van der Waals surface area contributed by atoms with Crippen molar-refractivity contribution in [3.8, 4) is 5.69 Å².